The standard InChI is InChI=1S/C10H20O5/c1-5-14-8-7(12-3)6(2)15-10(11)9(8)13-4/h6-11H,5H2,1-4H3/t6?,7-,8?,9?,10+/m0/s1. The zero-order valence-corrected chi connectivity index (χ0v) is 9.67. The third kappa shape index (κ3) is 2.68. The van der Waals surface area contributed by atoms with Gasteiger partial charge in [0.05, 0.1) is 6.10 Å². The van der Waals surface area contributed by atoms with Gasteiger partial charge in [-0.3, -0.25) is 0 Å². The van der Waals surface area contributed by atoms with E-state index in [1.54, 1.807) is 7.11 Å². The van der Waals surface area contributed by atoms with Gasteiger partial charge in [0.15, 0.2) is 6.29 Å². The first-order chi connectivity index (χ1) is 7.15. The van der Waals surface area contributed by atoms with Gasteiger partial charge in [-0.05, 0) is 13.8 Å². The Morgan fingerprint density at radius 3 is 2.20 bits per heavy atom. The minimum Gasteiger partial charge on any atom is -0.376 e. The van der Waals surface area contributed by atoms with Crippen molar-refractivity contribution >= 4 is 0 Å². The Hall–Kier alpha value is -0.200. The molecule has 1 saturated heterocycles. The molecule has 3 unspecified atom stereocenters. The van der Waals surface area contributed by atoms with Crippen molar-refractivity contribution in [3.05, 3.63) is 0 Å². The summed E-state index contributed by atoms with van der Waals surface area (Å²) in [4.78, 5) is 0. The van der Waals surface area contributed by atoms with Crippen molar-refractivity contribution in [1.29, 1.82) is 0 Å². The Labute approximate surface area is 90.3 Å². The molecule has 1 aliphatic heterocycles. The number of hydrogen-bond donors (Lipinski definition) is 1. The average molecular weight is 220 g/mol. The lowest BCUT2D eigenvalue weighted by Crippen LogP contribution is -2.58. The van der Waals surface area contributed by atoms with Gasteiger partial charge >= 0.3 is 0 Å². The van der Waals surface area contributed by atoms with E-state index < -0.39 is 12.4 Å². The van der Waals surface area contributed by atoms with Gasteiger partial charge in [-0.25, -0.2) is 0 Å². The third-order valence-corrected chi connectivity index (χ3v) is 2.65. The van der Waals surface area contributed by atoms with E-state index in [0.29, 0.717) is 6.61 Å². The normalized spacial score (nSPS) is 41.8. The molecule has 0 bridgehead atoms. The highest BCUT2D eigenvalue weighted by Crippen LogP contribution is 2.25. The summed E-state index contributed by atoms with van der Waals surface area (Å²) in [6.07, 6.45) is -2.21. The number of methoxy groups -OCH3 is 2. The lowest BCUT2D eigenvalue weighted by molar-refractivity contribution is -0.294. The molecule has 5 heteroatoms. The second-order valence-corrected chi connectivity index (χ2v) is 3.55. The average Bonchev–Trinajstić information content (AvgIpc) is 2.18. The van der Waals surface area contributed by atoms with Crippen molar-refractivity contribution in [3.63, 3.8) is 0 Å². The lowest BCUT2D eigenvalue weighted by atomic mass is 9.99. The van der Waals surface area contributed by atoms with E-state index in [4.69, 9.17) is 18.9 Å². The molecular weight excluding hydrogens is 200 g/mol. The molecule has 90 valence electrons. The topological polar surface area (TPSA) is 57.2 Å². The molecule has 1 fully saturated rings. The van der Waals surface area contributed by atoms with Crippen molar-refractivity contribution < 1.29 is 24.1 Å². The molecule has 0 radical (unpaired) electrons. The number of ether oxygens (including phenoxy) is 4. The maximum absolute atomic E-state index is 9.67. The Balaban J connectivity index is 2.77. The minimum atomic E-state index is -0.965. The zero-order chi connectivity index (χ0) is 11.4. The highest BCUT2D eigenvalue weighted by molar-refractivity contribution is 4.89. The summed E-state index contributed by atoms with van der Waals surface area (Å²) in [5.74, 6) is 0. The summed E-state index contributed by atoms with van der Waals surface area (Å²) < 4.78 is 21.3. The maximum atomic E-state index is 9.67. The molecule has 0 aromatic rings. The van der Waals surface area contributed by atoms with Gasteiger partial charge in [0.25, 0.3) is 0 Å². The van der Waals surface area contributed by atoms with Gasteiger partial charge in [-0.15, -0.1) is 0 Å². The maximum Gasteiger partial charge on any atom is 0.184 e. The molecule has 1 N–H and O–H groups in total. The van der Waals surface area contributed by atoms with Crippen molar-refractivity contribution in [3.8, 4) is 0 Å². The molecule has 5 nitrogen and oxygen atoms in total. The van der Waals surface area contributed by atoms with Crippen LogP contribution < -0.4 is 0 Å². The molecule has 0 spiro atoms. The van der Waals surface area contributed by atoms with Crippen molar-refractivity contribution in [2.75, 3.05) is 20.8 Å². The summed E-state index contributed by atoms with van der Waals surface area (Å²) in [5.41, 5.74) is 0. The predicted molar refractivity (Wildman–Crippen MR) is 53.6 cm³/mol. The van der Waals surface area contributed by atoms with Gasteiger partial charge in [0.1, 0.15) is 18.3 Å². The molecule has 1 rings (SSSR count). The summed E-state index contributed by atoms with van der Waals surface area (Å²) in [6, 6.07) is 0. The number of hydrogen-bond acceptors (Lipinski definition) is 5. The van der Waals surface area contributed by atoms with E-state index in [1.165, 1.54) is 7.11 Å². The van der Waals surface area contributed by atoms with Gasteiger partial charge in [0, 0.05) is 20.8 Å². The van der Waals surface area contributed by atoms with Crippen LogP contribution >= 0.6 is 0 Å². The Morgan fingerprint density at radius 1 is 1.13 bits per heavy atom. The van der Waals surface area contributed by atoms with Crippen molar-refractivity contribution in [1.82, 2.24) is 0 Å². The smallest absolute Gasteiger partial charge is 0.184 e. The zero-order valence-electron chi connectivity index (χ0n) is 9.67. The molecule has 0 aliphatic carbocycles. The fourth-order valence-corrected chi connectivity index (χ4v) is 1.95. The first-order valence-electron chi connectivity index (χ1n) is 5.16. The Morgan fingerprint density at radius 2 is 1.73 bits per heavy atom. The van der Waals surface area contributed by atoms with Gasteiger partial charge in [0.2, 0.25) is 0 Å². The summed E-state index contributed by atoms with van der Waals surface area (Å²) >= 11 is 0. The molecule has 0 saturated carbocycles. The molecular formula is C10H20O5. The minimum absolute atomic E-state index is 0.215. The SMILES string of the molecule is CCOC1C(OC)[C@H](O)OC(C)[C@@H]1OC. The molecule has 0 amide bonds. The Kier molecular flexibility index (Phi) is 4.95. The van der Waals surface area contributed by atoms with Crippen LogP contribution in [-0.4, -0.2) is 56.6 Å². The molecule has 5 atom stereocenters. The van der Waals surface area contributed by atoms with Crippen LogP contribution in [0.5, 0.6) is 0 Å². The van der Waals surface area contributed by atoms with Gasteiger partial charge in [-0.2, -0.15) is 0 Å². The second-order valence-electron chi connectivity index (χ2n) is 3.55. The fraction of sp³-hybridized carbons (Fsp3) is 1.00. The monoisotopic (exact) mass is 220 g/mol. The van der Waals surface area contributed by atoms with Crippen LogP contribution in [0.15, 0.2) is 0 Å². The largest absolute Gasteiger partial charge is 0.376 e. The number of rotatable bonds is 4. The number of aliphatic hydroxyl groups excluding tert-OH is 1. The molecule has 1 heterocycles. The molecule has 0 aromatic heterocycles. The Bertz CT molecular complexity index is 171. The second kappa shape index (κ2) is 5.77. The third-order valence-electron chi connectivity index (χ3n) is 2.65. The van der Waals surface area contributed by atoms with Gasteiger partial charge in [-0.1, -0.05) is 0 Å². The van der Waals surface area contributed by atoms with E-state index in [2.05, 4.69) is 0 Å². The summed E-state index contributed by atoms with van der Waals surface area (Å²) in [7, 11) is 3.12. The van der Waals surface area contributed by atoms with Crippen molar-refractivity contribution in [2.45, 2.75) is 44.6 Å². The van der Waals surface area contributed by atoms with Crippen LogP contribution in [0.25, 0.3) is 0 Å². The molecule has 1 aliphatic rings. The molecule has 0 aromatic carbocycles. The van der Waals surface area contributed by atoms with Crippen LogP contribution in [0.4, 0.5) is 0 Å². The van der Waals surface area contributed by atoms with Crippen molar-refractivity contribution in [2.24, 2.45) is 0 Å². The first-order valence-corrected chi connectivity index (χ1v) is 5.16. The van der Waals surface area contributed by atoms with E-state index in [0.717, 1.165) is 0 Å². The highest BCUT2D eigenvalue weighted by Gasteiger charge is 2.44. The predicted octanol–water partition coefficient (Wildman–Crippen LogP) is 0.159. The lowest BCUT2D eigenvalue weighted by Gasteiger charge is -2.42. The van der Waals surface area contributed by atoms with Crippen LogP contribution in [0.2, 0.25) is 0 Å². The quantitative estimate of drug-likeness (QED) is 0.731. The van der Waals surface area contributed by atoms with Crippen LogP contribution in [-0.2, 0) is 18.9 Å². The first kappa shape index (κ1) is 12.9. The summed E-state index contributed by atoms with van der Waals surface area (Å²) in [6.45, 7) is 4.28. The van der Waals surface area contributed by atoms with Crippen LogP contribution in [0.3, 0.4) is 0 Å². The summed E-state index contributed by atoms with van der Waals surface area (Å²) in [5, 5.41) is 9.67. The number of aliphatic hydroxyl groups is 1. The van der Waals surface area contributed by atoms with Crippen LogP contribution in [0, 0.1) is 0 Å². The van der Waals surface area contributed by atoms with E-state index in [1.807, 2.05) is 13.8 Å². The van der Waals surface area contributed by atoms with Gasteiger partial charge < -0.3 is 24.1 Å². The van der Waals surface area contributed by atoms with E-state index in [9.17, 15) is 5.11 Å². The van der Waals surface area contributed by atoms with Crippen LogP contribution in [0.1, 0.15) is 13.8 Å². The highest BCUT2D eigenvalue weighted by atomic mass is 16.7. The van der Waals surface area contributed by atoms with E-state index >= 15 is 0 Å². The molecule has 15 heavy (non-hydrogen) atoms. The fourth-order valence-electron chi connectivity index (χ4n) is 1.95. The van der Waals surface area contributed by atoms with E-state index in [-0.39, 0.29) is 18.3 Å².